The first-order valence-electron chi connectivity index (χ1n) is 9.28. The van der Waals surface area contributed by atoms with Gasteiger partial charge < -0.3 is 15.6 Å². The number of guanidine groups is 1. The van der Waals surface area contributed by atoms with Gasteiger partial charge in [0.15, 0.2) is 5.96 Å². The molecule has 0 amide bonds. The van der Waals surface area contributed by atoms with Crippen molar-refractivity contribution in [3.05, 3.63) is 78.0 Å². The summed E-state index contributed by atoms with van der Waals surface area (Å²) < 4.78 is 13.5. The molecule has 0 bridgehead atoms. The first kappa shape index (κ1) is 22.9. The zero-order valence-corrected chi connectivity index (χ0v) is 19.2. The second-order valence-corrected chi connectivity index (χ2v) is 7.28. The van der Waals surface area contributed by atoms with E-state index in [0.717, 1.165) is 22.6 Å². The van der Waals surface area contributed by atoms with Gasteiger partial charge in [-0.25, -0.2) is 9.37 Å². The van der Waals surface area contributed by atoms with E-state index in [2.05, 4.69) is 39.4 Å². The standard InChI is InChI=1S/C22H26FN5.HI/c1-22(2,17-10-7-11-18(23)12-17)15-27-21(24-3)26-14-20-25-13-19(28-20)16-8-5-4-6-9-16;/h4-13H,14-15H2,1-3H3,(H,25,28)(H2,24,26,27);1H. The Labute approximate surface area is 188 Å². The van der Waals surface area contributed by atoms with Crippen molar-refractivity contribution in [3.8, 4) is 11.3 Å². The predicted molar refractivity (Wildman–Crippen MR) is 127 cm³/mol. The molecule has 5 nitrogen and oxygen atoms in total. The van der Waals surface area contributed by atoms with Crippen molar-refractivity contribution in [1.82, 2.24) is 20.6 Å². The molecule has 29 heavy (non-hydrogen) atoms. The minimum absolute atomic E-state index is 0. The fourth-order valence-corrected chi connectivity index (χ4v) is 2.92. The Morgan fingerprint density at radius 3 is 2.55 bits per heavy atom. The molecular formula is C22H27FIN5. The summed E-state index contributed by atoms with van der Waals surface area (Å²) in [5, 5.41) is 6.57. The van der Waals surface area contributed by atoms with E-state index in [0.29, 0.717) is 19.0 Å². The molecule has 1 aromatic heterocycles. The number of hydrogen-bond donors (Lipinski definition) is 3. The molecule has 0 atom stereocenters. The molecule has 0 saturated carbocycles. The van der Waals surface area contributed by atoms with Gasteiger partial charge >= 0.3 is 0 Å². The van der Waals surface area contributed by atoms with Crippen LogP contribution in [0.15, 0.2) is 65.8 Å². The third kappa shape index (κ3) is 6.28. The summed E-state index contributed by atoms with van der Waals surface area (Å²) in [5.41, 5.74) is 2.77. The van der Waals surface area contributed by atoms with Crippen molar-refractivity contribution in [2.75, 3.05) is 13.6 Å². The van der Waals surface area contributed by atoms with E-state index in [1.807, 2.05) is 42.6 Å². The van der Waals surface area contributed by atoms with Gasteiger partial charge in [0.1, 0.15) is 11.6 Å². The van der Waals surface area contributed by atoms with Crippen LogP contribution in [-0.2, 0) is 12.0 Å². The number of nitrogens with one attached hydrogen (secondary N) is 3. The van der Waals surface area contributed by atoms with E-state index in [-0.39, 0.29) is 35.2 Å². The van der Waals surface area contributed by atoms with E-state index in [1.54, 1.807) is 19.2 Å². The maximum absolute atomic E-state index is 13.5. The molecule has 154 valence electrons. The van der Waals surface area contributed by atoms with Gasteiger partial charge in [-0.3, -0.25) is 4.99 Å². The molecule has 2 aromatic carbocycles. The highest BCUT2D eigenvalue weighted by molar-refractivity contribution is 14.0. The highest BCUT2D eigenvalue weighted by Gasteiger charge is 2.21. The molecule has 0 aliphatic carbocycles. The van der Waals surface area contributed by atoms with Crippen molar-refractivity contribution >= 4 is 29.9 Å². The third-order valence-electron chi connectivity index (χ3n) is 4.66. The number of aliphatic imine (C=N–C) groups is 1. The van der Waals surface area contributed by atoms with Crippen LogP contribution >= 0.6 is 24.0 Å². The first-order chi connectivity index (χ1) is 13.5. The monoisotopic (exact) mass is 507 g/mol. The van der Waals surface area contributed by atoms with E-state index < -0.39 is 0 Å². The van der Waals surface area contributed by atoms with Gasteiger partial charge in [-0.15, -0.1) is 24.0 Å². The van der Waals surface area contributed by atoms with Gasteiger partial charge in [-0.05, 0) is 23.3 Å². The molecule has 3 N–H and O–H groups in total. The number of H-pyrrole nitrogens is 1. The number of halogens is 2. The van der Waals surface area contributed by atoms with E-state index >= 15 is 0 Å². The fraction of sp³-hybridized carbons (Fsp3) is 0.273. The quantitative estimate of drug-likeness (QED) is 0.262. The summed E-state index contributed by atoms with van der Waals surface area (Å²) in [6.07, 6.45) is 1.83. The molecule has 0 fully saturated rings. The Hall–Kier alpha value is -2.42. The normalized spacial score (nSPS) is 11.7. The van der Waals surface area contributed by atoms with Gasteiger partial charge in [0.2, 0.25) is 0 Å². The number of rotatable bonds is 6. The smallest absolute Gasteiger partial charge is 0.191 e. The lowest BCUT2D eigenvalue weighted by Crippen LogP contribution is -2.43. The van der Waals surface area contributed by atoms with Crippen molar-refractivity contribution in [1.29, 1.82) is 0 Å². The van der Waals surface area contributed by atoms with Crippen LogP contribution in [0, 0.1) is 5.82 Å². The highest BCUT2D eigenvalue weighted by atomic mass is 127. The Morgan fingerprint density at radius 2 is 1.86 bits per heavy atom. The molecule has 0 radical (unpaired) electrons. The van der Waals surface area contributed by atoms with Crippen molar-refractivity contribution in [3.63, 3.8) is 0 Å². The summed E-state index contributed by atoms with van der Waals surface area (Å²) in [7, 11) is 1.72. The second kappa shape index (κ2) is 10.4. The topological polar surface area (TPSA) is 65.1 Å². The second-order valence-electron chi connectivity index (χ2n) is 7.28. The highest BCUT2D eigenvalue weighted by Crippen LogP contribution is 2.22. The van der Waals surface area contributed by atoms with Crippen LogP contribution in [-0.4, -0.2) is 29.5 Å². The van der Waals surface area contributed by atoms with Crippen LogP contribution < -0.4 is 10.6 Å². The fourth-order valence-electron chi connectivity index (χ4n) is 2.92. The number of hydrogen-bond acceptors (Lipinski definition) is 2. The zero-order chi connectivity index (χ0) is 20.0. The maximum atomic E-state index is 13.5. The molecular weight excluding hydrogens is 480 g/mol. The third-order valence-corrected chi connectivity index (χ3v) is 4.66. The largest absolute Gasteiger partial charge is 0.356 e. The molecule has 1 heterocycles. The molecule has 0 saturated heterocycles. The van der Waals surface area contributed by atoms with Gasteiger partial charge in [-0.2, -0.15) is 0 Å². The van der Waals surface area contributed by atoms with Crippen LogP contribution in [0.3, 0.4) is 0 Å². The van der Waals surface area contributed by atoms with Crippen molar-refractivity contribution in [2.45, 2.75) is 25.8 Å². The lowest BCUT2D eigenvalue weighted by atomic mass is 9.84. The molecule has 3 aromatic rings. The van der Waals surface area contributed by atoms with E-state index in [9.17, 15) is 4.39 Å². The SMILES string of the molecule is CN=C(NCc1ncc(-c2ccccc2)[nH]1)NCC(C)(C)c1cccc(F)c1.I. The average Bonchev–Trinajstić information content (AvgIpc) is 3.18. The summed E-state index contributed by atoms with van der Waals surface area (Å²) in [6.45, 7) is 5.28. The Kier molecular flexibility index (Phi) is 8.19. The van der Waals surface area contributed by atoms with Crippen molar-refractivity contribution in [2.24, 2.45) is 4.99 Å². The summed E-state index contributed by atoms with van der Waals surface area (Å²) >= 11 is 0. The zero-order valence-electron chi connectivity index (χ0n) is 16.9. The molecule has 3 rings (SSSR count). The molecule has 0 aliphatic rings. The lowest BCUT2D eigenvalue weighted by molar-refractivity contribution is 0.503. The van der Waals surface area contributed by atoms with E-state index in [4.69, 9.17) is 0 Å². The number of aromatic amines is 1. The molecule has 0 unspecified atom stereocenters. The van der Waals surface area contributed by atoms with Gasteiger partial charge in [-0.1, -0.05) is 56.3 Å². The number of aromatic nitrogens is 2. The summed E-state index contributed by atoms with van der Waals surface area (Å²) in [4.78, 5) is 12.0. The van der Waals surface area contributed by atoms with Crippen LogP contribution in [0.25, 0.3) is 11.3 Å². The van der Waals surface area contributed by atoms with Crippen molar-refractivity contribution < 1.29 is 4.39 Å². The van der Waals surface area contributed by atoms with Gasteiger partial charge in [0.05, 0.1) is 18.4 Å². The maximum Gasteiger partial charge on any atom is 0.191 e. The van der Waals surface area contributed by atoms with Gasteiger partial charge in [0.25, 0.3) is 0 Å². The first-order valence-corrected chi connectivity index (χ1v) is 9.28. The minimum atomic E-state index is -0.245. The Bertz CT molecular complexity index is 937. The number of nitrogens with zero attached hydrogens (tertiary/aromatic N) is 2. The molecule has 0 aliphatic heterocycles. The van der Waals surface area contributed by atoms with Gasteiger partial charge in [0, 0.05) is 19.0 Å². The predicted octanol–water partition coefficient (Wildman–Crippen LogP) is 4.48. The Morgan fingerprint density at radius 1 is 1.10 bits per heavy atom. The van der Waals surface area contributed by atoms with Crippen LogP contribution in [0.2, 0.25) is 0 Å². The Balaban J connectivity index is 0.00000300. The van der Waals surface area contributed by atoms with Crippen LogP contribution in [0.4, 0.5) is 4.39 Å². The number of benzene rings is 2. The average molecular weight is 507 g/mol. The summed E-state index contributed by atoms with van der Waals surface area (Å²) in [5.74, 6) is 1.27. The number of imidazole rings is 1. The van der Waals surface area contributed by atoms with Crippen LogP contribution in [0.1, 0.15) is 25.2 Å². The molecule has 7 heteroatoms. The van der Waals surface area contributed by atoms with E-state index in [1.165, 1.54) is 6.07 Å². The lowest BCUT2D eigenvalue weighted by Gasteiger charge is -2.26. The summed E-state index contributed by atoms with van der Waals surface area (Å²) in [6, 6.07) is 16.8. The minimum Gasteiger partial charge on any atom is -0.356 e. The molecule has 0 spiro atoms. The van der Waals surface area contributed by atoms with Crippen LogP contribution in [0.5, 0.6) is 0 Å².